The molecule has 0 heterocycles. The Morgan fingerprint density at radius 3 is 2.11 bits per heavy atom. The first-order valence-corrected chi connectivity index (χ1v) is 13.6. The quantitative estimate of drug-likeness (QED) is 0.386. The Kier molecular flexibility index (Phi) is 9.57. The maximum absolute atomic E-state index is 14.5. The summed E-state index contributed by atoms with van der Waals surface area (Å²) in [7, 11) is -4.30. The number of anilines is 1. The molecule has 202 valence electrons. The molecule has 10 heteroatoms. The van der Waals surface area contributed by atoms with Crippen LogP contribution >= 0.6 is 0 Å². The fourth-order valence-corrected chi connectivity index (χ4v) is 5.13. The largest absolute Gasteiger partial charge is 0.352 e. The molecule has 1 N–H and O–H groups in total. The zero-order valence-corrected chi connectivity index (χ0v) is 22.3. The van der Waals surface area contributed by atoms with Gasteiger partial charge < -0.3 is 10.2 Å². The van der Waals surface area contributed by atoms with E-state index < -0.39 is 46.1 Å². The third-order valence-corrected chi connectivity index (χ3v) is 7.98. The summed E-state index contributed by atoms with van der Waals surface area (Å²) in [4.78, 5) is 27.7. The minimum atomic E-state index is -4.30. The van der Waals surface area contributed by atoms with Crippen molar-refractivity contribution in [2.45, 2.75) is 50.7 Å². The van der Waals surface area contributed by atoms with E-state index in [2.05, 4.69) is 5.32 Å². The number of hydrogen-bond acceptors (Lipinski definition) is 4. The highest BCUT2D eigenvalue weighted by molar-refractivity contribution is 7.92. The van der Waals surface area contributed by atoms with E-state index in [4.69, 9.17) is 0 Å². The molecular formula is C28H31F2N3O4S. The second-order valence-electron chi connectivity index (χ2n) is 8.91. The molecule has 0 aliphatic rings. The van der Waals surface area contributed by atoms with E-state index in [1.165, 1.54) is 37.3 Å². The maximum Gasteiger partial charge on any atom is 0.264 e. The van der Waals surface area contributed by atoms with Crippen molar-refractivity contribution in [3.63, 3.8) is 0 Å². The van der Waals surface area contributed by atoms with E-state index in [0.29, 0.717) is 6.42 Å². The minimum Gasteiger partial charge on any atom is -0.352 e. The standard InChI is InChI=1S/C28H31F2N3O4S/c1-4-20(2)31-28(35)21(3)32(18-22-10-8-9-13-26(22)30)27(34)19-33(24-11-6-5-7-12-24)38(36,37)25-16-14-23(29)15-17-25/h5-17,20-21H,4,18-19H2,1-3H3,(H,31,35)/t20-,21-/m1/s1. The minimum absolute atomic E-state index is 0.157. The smallest absolute Gasteiger partial charge is 0.264 e. The van der Waals surface area contributed by atoms with E-state index >= 15 is 0 Å². The van der Waals surface area contributed by atoms with E-state index in [-0.39, 0.29) is 28.7 Å². The van der Waals surface area contributed by atoms with Gasteiger partial charge in [0.15, 0.2) is 0 Å². The van der Waals surface area contributed by atoms with Crippen LogP contribution < -0.4 is 9.62 Å². The monoisotopic (exact) mass is 543 g/mol. The van der Waals surface area contributed by atoms with Gasteiger partial charge in [-0.3, -0.25) is 13.9 Å². The van der Waals surface area contributed by atoms with Crippen LogP contribution in [-0.2, 0) is 26.2 Å². The summed E-state index contributed by atoms with van der Waals surface area (Å²) in [6.45, 7) is 4.31. The Morgan fingerprint density at radius 2 is 1.50 bits per heavy atom. The number of hydrogen-bond donors (Lipinski definition) is 1. The Morgan fingerprint density at radius 1 is 0.895 bits per heavy atom. The topological polar surface area (TPSA) is 86.8 Å². The molecule has 0 aliphatic heterocycles. The molecule has 0 spiro atoms. The first-order chi connectivity index (χ1) is 18.0. The van der Waals surface area contributed by atoms with Crippen LogP contribution in [-0.4, -0.2) is 43.8 Å². The molecule has 3 aromatic rings. The Bertz CT molecular complexity index is 1350. The average molecular weight is 544 g/mol. The van der Waals surface area contributed by atoms with Gasteiger partial charge in [0.05, 0.1) is 10.6 Å². The Balaban J connectivity index is 2.01. The second kappa shape index (κ2) is 12.6. The van der Waals surface area contributed by atoms with Gasteiger partial charge in [-0.1, -0.05) is 43.3 Å². The van der Waals surface area contributed by atoms with Gasteiger partial charge in [-0.2, -0.15) is 0 Å². The highest BCUT2D eigenvalue weighted by Gasteiger charge is 2.33. The molecule has 7 nitrogen and oxygen atoms in total. The summed E-state index contributed by atoms with van der Waals surface area (Å²) in [5, 5.41) is 2.82. The van der Waals surface area contributed by atoms with Crippen LogP contribution in [0, 0.1) is 11.6 Å². The van der Waals surface area contributed by atoms with Crippen LogP contribution in [0.2, 0.25) is 0 Å². The van der Waals surface area contributed by atoms with Crippen LogP contribution in [0.15, 0.2) is 83.8 Å². The molecule has 0 bridgehead atoms. The summed E-state index contributed by atoms with van der Waals surface area (Å²) in [5.74, 6) is -2.33. The number of sulfonamides is 1. The van der Waals surface area contributed by atoms with Crippen molar-refractivity contribution in [1.82, 2.24) is 10.2 Å². The number of nitrogens with zero attached hydrogens (tertiary/aromatic N) is 2. The molecule has 0 aliphatic carbocycles. The van der Waals surface area contributed by atoms with E-state index in [9.17, 15) is 26.8 Å². The molecule has 2 atom stereocenters. The zero-order valence-electron chi connectivity index (χ0n) is 21.5. The molecule has 0 unspecified atom stereocenters. The summed E-state index contributed by atoms with van der Waals surface area (Å²) >= 11 is 0. The van der Waals surface area contributed by atoms with E-state index in [0.717, 1.165) is 33.5 Å². The van der Waals surface area contributed by atoms with Gasteiger partial charge in [-0.15, -0.1) is 0 Å². The van der Waals surface area contributed by atoms with Crippen LogP contribution in [0.25, 0.3) is 0 Å². The number of carbonyl (C=O) groups excluding carboxylic acids is 2. The van der Waals surface area contributed by atoms with Gasteiger partial charge in [0.1, 0.15) is 24.2 Å². The molecule has 2 amide bonds. The van der Waals surface area contributed by atoms with Gasteiger partial charge in [0, 0.05) is 18.2 Å². The molecule has 0 fully saturated rings. The number of para-hydroxylation sites is 1. The molecule has 0 saturated heterocycles. The molecule has 3 rings (SSSR count). The Labute approximate surface area is 222 Å². The fraction of sp³-hybridized carbons (Fsp3) is 0.286. The van der Waals surface area contributed by atoms with Gasteiger partial charge in [0.2, 0.25) is 11.8 Å². The maximum atomic E-state index is 14.5. The molecule has 0 aromatic heterocycles. The normalized spacial score (nSPS) is 12.9. The lowest BCUT2D eigenvalue weighted by atomic mass is 10.1. The SMILES string of the molecule is CC[C@@H](C)NC(=O)[C@@H](C)N(Cc1ccccc1F)C(=O)CN(c1ccccc1)S(=O)(=O)c1ccc(F)cc1. The molecule has 0 saturated carbocycles. The summed E-state index contributed by atoms with van der Waals surface area (Å²) in [5.41, 5.74) is 0.379. The number of benzene rings is 3. The van der Waals surface area contributed by atoms with Gasteiger partial charge in [0.25, 0.3) is 10.0 Å². The predicted molar refractivity (Wildman–Crippen MR) is 142 cm³/mol. The first-order valence-electron chi connectivity index (χ1n) is 12.2. The third kappa shape index (κ3) is 6.95. The van der Waals surface area contributed by atoms with Crippen LogP contribution in [0.5, 0.6) is 0 Å². The summed E-state index contributed by atoms with van der Waals surface area (Å²) < 4.78 is 56.1. The van der Waals surface area contributed by atoms with E-state index in [1.807, 2.05) is 13.8 Å². The van der Waals surface area contributed by atoms with Gasteiger partial charge in [-0.25, -0.2) is 17.2 Å². The number of nitrogens with one attached hydrogen (secondary N) is 1. The van der Waals surface area contributed by atoms with Crippen molar-refractivity contribution in [2.75, 3.05) is 10.8 Å². The van der Waals surface area contributed by atoms with Crippen molar-refractivity contribution in [3.05, 3.63) is 96.1 Å². The van der Waals surface area contributed by atoms with Gasteiger partial charge in [-0.05, 0) is 62.7 Å². The number of carbonyl (C=O) groups is 2. The number of amides is 2. The average Bonchev–Trinajstić information content (AvgIpc) is 2.91. The fourth-order valence-electron chi connectivity index (χ4n) is 3.72. The first kappa shape index (κ1) is 28.8. The highest BCUT2D eigenvalue weighted by atomic mass is 32.2. The van der Waals surface area contributed by atoms with Crippen LogP contribution in [0.4, 0.5) is 14.5 Å². The molecule has 0 radical (unpaired) electrons. The number of halogens is 2. The predicted octanol–water partition coefficient (Wildman–Crippen LogP) is 4.49. The summed E-state index contributed by atoms with van der Waals surface area (Å²) in [6.07, 6.45) is 0.664. The lowest BCUT2D eigenvalue weighted by molar-refractivity contribution is -0.139. The van der Waals surface area contributed by atoms with E-state index in [1.54, 1.807) is 24.3 Å². The molecule has 38 heavy (non-hydrogen) atoms. The molecule has 3 aromatic carbocycles. The number of rotatable bonds is 11. The summed E-state index contributed by atoms with van der Waals surface area (Å²) in [6, 6.07) is 16.9. The third-order valence-electron chi connectivity index (χ3n) is 6.19. The van der Waals surface area contributed by atoms with Crippen molar-refractivity contribution in [3.8, 4) is 0 Å². The Hall–Kier alpha value is -3.79. The van der Waals surface area contributed by atoms with Crippen molar-refractivity contribution in [2.24, 2.45) is 0 Å². The van der Waals surface area contributed by atoms with Crippen molar-refractivity contribution in [1.29, 1.82) is 0 Å². The lowest BCUT2D eigenvalue weighted by Gasteiger charge is -2.32. The molecular weight excluding hydrogens is 512 g/mol. The zero-order chi connectivity index (χ0) is 27.9. The van der Waals surface area contributed by atoms with Crippen molar-refractivity contribution < 1.29 is 26.8 Å². The van der Waals surface area contributed by atoms with Crippen LogP contribution in [0.3, 0.4) is 0 Å². The van der Waals surface area contributed by atoms with Crippen LogP contribution in [0.1, 0.15) is 32.8 Å². The van der Waals surface area contributed by atoms with Gasteiger partial charge >= 0.3 is 0 Å². The van der Waals surface area contributed by atoms with Crippen molar-refractivity contribution >= 4 is 27.5 Å². The second-order valence-corrected chi connectivity index (χ2v) is 10.8. The highest BCUT2D eigenvalue weighted by Crippen LogP contribution is 2.25. The lowest BCUT2D eigenvalue weighted by Crippen LogP contribution is -2.52.